The maximum absolute atomic E-state index is 11.5. The van der Waals surface area contributed by atoms with Crippen molar-refractivity contribution in [3.05, 3.63) is 255 Å². The summed E-state index contributed by atoms with van der Waals surface area (Å²) < 4.78 is 0. The Morgan fingerprint density at radius 2 is 0.459 bits per heavy atom. The standard InChI is InChI=1S/C28H33NO.C21H27NOSi.C20H25NOSi.C19H23NOSi.C13H17NO.C12H15NO.12ClH.6Zr/c30-27-24(18-29-25-8-4-5-9-25)13-23(22-6-2-1-3-7-22)14-26(27)28-15-19-10-20(16-28)12-21(11-19)17-28;1-24(2,3)20-14-17(16-9-5-4-6-10-16)13-18(21(20)23)15-22-19-11-7-8-12-19;1-23(2,3)19-13-16(15-8-5-4-6-9-15)12-17(20(19)22)14-21-18-10-7-11-18;1-22(2,3)18-12-15(14-7-5-4-6-8-14)11-16(19(18)21)13-20-17-9-10-17;1-9-6-10(2)13(15)11(7-9)8-14-12-4-3-5-12;1-8-5-9(2)12(14)10(6-8)7-13-11-3-4-11;;;;;;;;;;;;;;;;;;/h1-3,6-7,13-14,18-21,25,30H,4-5,8-12,15-17H2;4-6,9-10,13-15,19,23H,7-8,11-12H2,1-3H3;4-6,8-9,12-14,18,22H,7,10-11H2,1-3H3;4-8,11-13,17,21H,9-10H2,1-3H3;6-8,12,15H,3-5H2,1-2H3;5-7,11,14H,3-4H2,1-2H3;12*1H;;;;;;/q;;;;;;;;;;;;;;;;;;6*+2/p-12. The van der Waals surface area contributed by atoms with Gasteiger partial charge in [0.1, 0.15) is 34.5 Å². The molecule has 0 heterocycles. The molecule has 20 rings (SSSR count). The summed E-state index contributed by atoms with van der Waals surface area (Å²) in [6, 6.07) is 69.7. The van der Waals surface area contributed by atoms with E-state index >= 15 is 0 Å². The van der Waals surface area contributed by atoms with E-state index in [1.807, 2.05) is 113 Å². The van der Waals surface area contributed by atoms with Gasteiger partial charge in [0.15, 0.2) is 0 Å². The Hall–Kier alpha value is -1.55. The number of benzene rings is 10. The summed E-state index contributed by atoms with van der Waals surface area (Å²) in [6.45, 7) is 28.3. The van der Waals surface area contributed by atoms with Gasteiger partial charge in [-0.2, -0.15) is 0 Å². The summed E-state index contributed by atoms with van der Waals surface area (Å²) in [4.78, 5) is 27.7. The molecular formula is C113H140Cl12N6O6Si3Zr6. The van der Waals surface area contributed by atoms with Crippen molar-refractivity contribution in [1.82, 2.24) is 0 Å². The monoisotopic (exact) mass is 2720 g/mol. The molecule has 6 N–H and O–H groups in total. The summed E-state index contributed by atoms with van der Waals surface area (Å²) in [5, 5.41) is 66.6. The quantitative estimate of drug-likeness (QED) is 0.0324. The van der Waals surface area contributed by atoms with E-state index in [9.17, 15) is 30.6 Å². The average molecular weight is 2740 g/mol. The molecular weight excluding hydrogens is 2590 g/mol. The van der Waals surface area contributed by atoms with Crippen molar-refractivity contribution >= 4 is 179 Å². The van der Waals surface area contributed by atoms with E-state index in [1.165, 1.54) is 199 Å². The van der Waals surface area contributed by atoms with Crippen LogP contribution in [0.2, 0.25) is 58.9 Å². The number of aromatic hydroxyl groups is 6. The predicted octanol–water partition coefficient (Wildman–Crippen LogP) is 34.4. The number of rotatable bonds is 20. The van der Waals surface area contributed by atoms with Crippen molar-refractivity contribution in [2.75, 3.05) is 0 Å². The second-order valence-corrected chi connectivity index (χ2v) is 79.4. The van der Waals surface area contributed by atoms with Crippen LogP contribution in [0.1, 0.15) is 215 Å². The molecule has 10 aromatic rings. The first kappa shape index (κ1) is 130. The second-order valence-electron chi connectivity index (χ2n) is 41.9. The molecule has 10 saturated carbocycles. The van der Waals surface area contributed by atoms with E-state index in [0.717, 1.165) is 94.5 Å². The number of aryl methyl sites for hydroxylation is 4. The number of phenolic OH excluding ortho intramolecular Hbond substituents is 6. The van der Waals surface area contributed by atoms with Crippen LogP contribution in [0.4, 0.5) is 0 Å². The Morgan fingerprint density at radius 3 is 0.671 bits per heavy atom. The zero-order chi connectivity index (χ0) is 107. The Kier molecular flexibility index (Phi) is 60.0. The molecule has 0 atom stereocenters. The van der Waals surface area contributed by atoms with Crippen LogP contribution >= 0.6 is 102 Å². The Labute approximate surface area is 985 Å². The third kappa shape index (κ3) is 43.7. The molecule has 0 saturated heterocycles. The molecule has 0 unspecified atom stereocenters. The van der Waals surface area contributed by atoms with Gasteiger partial charge in [-0.1, -0.05) is 236 Å². The molecule has 10 fully saturated rings. The fourth-order valence-corrected chi connectivity index (χ4v) is 24.0. The zero-order valence-electron chi connectivity index (χ0n) is 86.0. The van der Waals surface area contributed by atoms with Crippen molar-refractivity contribution < 1.29 is 156 Å². The van der Waals surface area contributed by atoms with E-state index in [1.54, 1.807) is 6.21 Å². The normalized spacial score (nSPS) is 18.1. The Morgan fingerprint density at radius 1 is 0.253 bits per heavy atom. The molecule has 0 aromatic heterocycles. The summed E-state index contributed by atoms with van der Waals surface area (Å²) in [6.07, 6.45) is 41.3. The first-order valence-corrected chi connectivity index (χ1v) is 98.6. The Balaban J connectivity index is 0.000000209. The van der Waals surface area contributed by atoms with Crippen LogP contribution < -0.4 is 15.6 Å². The van der Waals surface area contributed by atoms with E-state index in [4.69, 9.17) is 112 Å². The topological polar surface area (TPSA) is 196 Å². The third-order valence-electron chi connectivity index (χ3n) is 27.4. The summed E-state index contributed by atoms with van der Waals surface area (Å²) in [5.74, 6) is 5.11. The minimum absolute atomic E-state index is 0.180. The number of hydrogen-bond donors (Lipinski definition) is 6. The van der Waals surface area contributed by atoms with E-state index in [-0.39, 0.29) is 5.41 Å². The van der Waals surface area contributed by atoms with Gasteiger partial charge in [-0.25, -0.2) is 0 Å². The summed E-state index contributed by atoms with van der Waals surface area (Å²) in [5.41, 5.74) is 20.3. The van der Waals surface area contributed by atoms with Gasteiger partial charge in [0, 0.05) is 100 Å². The van der Waals surface area contributed by atoms with Crippen molar-refractivity contribution in [2.24, 2.45) is 47.7 Å². The van der Waals surface area contributed by atoms with Crippen molar-refractivity contribution in [3.8, 4) is 79.0 Å². The molecule has 12 nitrogen and oxygen atoms in total. The third-order valence-corrected chi connectivity index (χ3v) is 33.4. The molecule has 33 heteroatoms. The molecule has 778 valence electrons. The van der Waals surface area contributed by atoms with Crippen molar-refractivity contribution in [1.29, 1.82) is 0 Å². The molecule has 4 bridgehead atoms. The van der Waals surface area contributed by atoms with Crippen LogP contribution in [0.15, 0.2) is 224 Å². The van der Waals surface area contributed by atoms with E-state index in [0.29, 0.717) is 70.7 Å². The van der Waals surface area contributed by atoms with Gasteiger partial charge in [-0.15, -0.1) is 0 Å². The van der Waals surface area contributed by atoms with Gasteiger partial charge in [-0.05, 0) is 304 Å². The SMILES string of the molecule is C[Si](C)(C)c1cc(-c2ccccc2)cc(C=NC2CC2)c1O.C[Si](C)(C)c1cc(-c2ccccc2)cc(C=NC2CCC2)c1O.C[Si](C)(C)c1cc(-c2ccccc2)cc(C=NC2CCCC2)c1O.Cc1cc(C)c(O)c(C=NC2CC2)c1.Cc1cc(C)c(O)c(C=NC2CCC2)c1.Oc1c(C=NC2CCCC2)cc(-c2ccccc2)cc1C12CC3CC(CC(C3)C1)C2.[Cl][Zr][Cl].[Cl][Zr][Cl].[Cl][Zr][Cl].[Cl][Zr][Cl].[Cl][Zr][Cl].[Cl][Zr][Cl]. The van der Waals surface area contributed by atoms with Crippen LogP contribution in [0.5, 0.6) is 34.5 Å². The number of nitrogens with zero attached hydrogens (tertiary/aromatic N) is 6. The minimum atomic E-state index is -1.65. The molecule has 0 spiro atoms. The predicted molar refractivity (Wildman–Crippen MR) is 620 cm³/mol. The van der Waals surface area contributed by atoms with Gasteiger partial charge in [-0.3, -0.25) is 30.0 Å². The Bertz CT molecular complexity index is 5780. The molecule has 10 aliphatic rings. The van der Waals surface area contributed by atoms with Gasteiger partial charge < -0.3 is 30.6 Å². The fourth-order valence-electron chi connectivity index (χ4n) is 19.7. The maximum atomic E-state index is 11.5. The molecule has 146 heavy (non-hydrogen) atoms. The van der Waals surface area contributed by atoms with Crippen LogP contribution in [-0.2, 0) is 131 Å². The average Bonchev–Trinajstić information content (AvgIpc) is 0.993. The zero-order valence-corrected chi connectivity index (χ0v) is 113. The molecule has 10 aromatic carbocycles. The van der Waals surface area contributed by atoms with Crippen LogP contribution in [0.25, 0.3) is 44.5 Å². The molecule has 10 aliphatic carbocycles. The number of halogens is 12. The van der Waals surface area contributed by atoms with Gasteiger partial charge >= 0.3 is 227 Å². The molecule has 0 amide bonds. The molecule has 0 aliphatic heterocycles. The van der Waals surface area contributed by atoms with Gasteiger partial charge in [0.25, 0.3) is 0 Å². The van der Waals surface area contributed by atoms with E-state index < -0.39 is 149 Å². The fraction of sp³-hybridized carbons (Fsp3) is 0.416. The summed E-state index contributed by atoms with van der Waals surface area (Å²) in [7, 11) is 54.3. The van der Waals surface area contributed by atoms with Crippen LogP contribution in [0.3, 0.4) is 0 Å². The van der Waals surface area contributed by atoms with Gasteiger partial charge in [0.05, 0.1) is 36.3 Å². The first-order chi connectivity index (χ1) is 69.8. The number of aliphatic imine (C=N–C) groups is 6. The van der Waals surface area contributed by atoms with Crippen molar-refractivity contribution in [2.45, 2.75) is 282 Å². The summed E-state index contributed by atoms with van der Waals surface area (Å²) >= 11 is -4.95. The first-order valence-electron chi connectivity index (χ1n) is 50.1. The van der Waals surface area contributed by atoms with Crippen molar-refractivity contribution in [3.63, 3.8) is 0 Å². The van der Waals surface area contributed by atoms with Crippen LogP contribution in [0, 0.1) is 45.4 Å². The van der Waals surface area contributed by atoms with Gasteiger partial charge in [0.2, 0.25) is 0 Å². The second kappa shape index (κ2) is 67.6. The van der Waals surface area contributed by atoms with Crippen LogP contribution in [-0.4, -0.2) is 128 Å². The molecule has 0 radical (unpaired) electrons. The number of phenols is 6. The number of hydrogen-bond acceptors (Lipinski definition) is 12. The van der Waals surface area contributed by atoms with E-state index in [2.05, 4.69) is 218 Å².